The van der Waals surface area contributed by atoms with Gasteiger partial charge >= 0.3 is 0 Å². The van der Waals surface area contributed by atoms with Crippen molar-refractivity contribution in [3.05, 3.63) is 29.8 Å². The Kier molecular flexibility index (Phi) is 11.1. The zero-order valence-electron chi connectivity index (χ0n) is 14.3. The standard InChI is InChI=1S/C17H29N3O.HI/c1-6-18-17(20-14(5)13(3)4)19-12-15-9-8-10-16(11-15)21-7-2;/h8-11,13-14H,6-7,12H2,1-5H3,(H2,18,19,20);1H. The fourth-order valence-corrected chi connectivity index (χ4v) is 1.77. The topological polar surface area (TPSA) is 45.7 Å². The second-order valence-corrected chi connectivity index (χ2v) is 5.45. The second-order valence-electron chi connectivity index (χ2n) is 5.45. The number of halogens is 1. The summed E-state index contributed by atoms with van der Waals surface area (Å²) in [4.78, 5) is 4.65. The maximum Gasteiger partial charge on any atom is 0.191 e. The van der Waals surface area contributed by atoms with Crippen LogP contribution in [0.5, 0.6) is 5.75 Å². The molecule has 1 unspecified atom stereocenters. The van der Waals surface area contributed by atoms with Crippen molar-refractivity contribution in [1.29, 1.82) is 0 Å². The summed E-state index contributed by atoms with van der Waals surface area (Å²) < 4.78 is 5.52. The van der Waals surface area contributed by atoms with Gasteiger partial charge in [0.05, 0.1) is 13.2 Å². The molecule has 0 aliphatic carbocycles. The summed E-state index contributed by atoms with van der Waals surface area (Å²) in [6, 6.07) is 8.48. The van der Waals surface area contributed by atoms with Crippen LogP contribution < -0.4 is 15.4 Å². The Hall–Kier alpha value is -0.980. The van der Waals surface area contributed by atoms with Gasteiger partial charge in [-0.2, -0.15) is 0 Å². The molecule has 5 heteroatoms. The lowest BCUT2D eigenvalue weighted by molar-refractivity contribution is 0.340. The number of guanidine groups is 1. The van der Waals surface area contributed by atoms with E-state index in [-0.39, 0.29) is 24.0 Å². The van der Waals surface area contributed by atoms with Crippen LogP contribution in [0.4, 0.5) is 0 Å². The van der Waals surface area contributed by atoms with Crippen LogP contribution in [-0.2, 0) is 6.54 Å². The third-order valence-corrected chi connectivity index (χ3v) is 3.34. The number of rotatable bonds is 7. The van der Waals surface area contributed by atoms with E-state index in [0.29, 0.717) is 25.1 Å². The van der Waals surface area contributed by atoms with Crippen LogP contribution in [0.1, 0.15) is 40.2 Å². The Morgan fingerprint density at radius 2 is 1.95 bits per heavy atom. The molecular weight excluding hydrogens is 389 g/mol. The van der Waals surface area contributed by atoms with E-state index in [1.54, 1.807) is 0 Å². The number of nitrogens with one attached hydrogen (secondary N) is 2. The molecule has 0 fully saturated rings. The summed E-state index contributed by atoms with van der Waals surface area (Å²) in [7, 11) is 0. The van der Waals surface area contributed by atoms with Crippen molar-refractivity contribution in [2.24, 2.45) is 10.9 Å². The van der Waals surface area contributed by atoms with Crippen LogP contribution in [0.3, 0.4) is 0 Å². The van der Waals surface area contributed by atoms with Gasteiger partial charge in [0.25, 0.3) is 0 Å². The van der Waals surface area contributed by atoms with Gasteiger partial charge in [-0.15, -0.1) is 24.0 Å². The van der Waals surface area contributed by atoms with E-state index in [1.165, 1.54) is 0 Å². The highest BCUT2D eigenvalue weighted by Crippen LogP contribution is 2.14. The van der Waals surface area contributed by atoms with Crippen molar-refractivity contribution in [2.75, 3.05) is 13.2 Å². The lowest BCUT2D eigenvalue weighted by atomic mass is 10.1. The Balaban J connectivity index is 0.00000441. The number of benzene rings is 1. The van der Waals surface area contributed by atoms with E-state index in [2.05, 4.69) is 49.4 Å². The third kappa shape index (κ3) is 7.87. The number of hydrogen-bond donors (Lipinski definition) is 2. The van der Waals surface area contributed by atoms with Crippen molar-refractivity contribution < 1.29 is 4.74 Å². The van der Waals surface area contributed by atoms with E-state index < -0.39 is 0 Å². The molecule has 1 rings (SSSR count). The average Bonchev–Trinajstić information content (AvgIpc) is 2.45. The van der Waals surface area contributed by atoms with Gasteiger partial charge < -0.3 is 15.4 Å². The van der Waals surface area contributed by atoms with Crippen LogP contribution in [-0.4, -0.2) is 25.2 Å². The molecule has 1 atom stereocenters. The predicted octanol–water partition coefficient (Wildman–Crippen LogP) is 3.80. The second kappa shape index (κ2) is 11.6. The molecule has 0 amide bonds. The average molecular weight is 419 g/mol. The molecule has 1 aromatic carbocycles. The molecule has 22 heavy (non-hydrogen) atoms. The molecule has 2 N–H and O–H groups in total. The molecule has 1 aromatic rings. The zero-order chi connectivity index (χ0) is 15.7. The summed E-state index contributed by atoms with van der Waals surface area (Å²) >= 11 is 0. The van der Waals surface area contributed by atoms with Gasteiger partial charge in [-0.1, -0.05) is 26.0 Å². The molecule has 0 heterocycles. The molecule has 0 spiro atoms. The number of aliphatic imine (C=N–C) groups is 1. The first-order valence-corrected chi connectivity index (χ1v) is 7.83. The first kappa shape index (κ1) is 21.0. The summed E-state index contributed by atoms with van der Waals surface area (Å²) in [5.41, 5.74) is 1.15. The van der Waals surface area contributed by atoms with Crippen LogP contribution in [0.15, 0.2) is 29.3 Å². The van der Waals surface area contributed by atoms with Gasteiger partial charge in [-0.05, 0) is 44.4 Å². The molecule has 0 aliphatic rings. The molecule has 0 bridgehead atoms. The van der Waals surface area contributed by atoms with Crippen LogP contribution >= 0.6 is 24.0 Å². The Morgan fingerprint density at radius 1 is 1.23 bits per heavy atom. The normalized spacial score (nSPS) is 12.5. The van der Waals surface area contributed by atoms with Gasteiger partial charge in [0.15, 0.2) is 5.96 Å². The lowest BCUT2D eigenvalue weighted by Gasteiger charge is -2.20. The first-order chi connectivity index (χ1) is 10.1. The molecule has 126 valence electrons. The lowest BCUT2D eigenvalue weighted by Crippen LogP contribution is -2.44. The van der Waals surface area contributed by atoms with Gasteiger partial charge in [-0.25, -0.2) is 4.99 Å². The minimum Gasteiger partial charge on any atom is -0.494 e. The highest BCUT2D eigenvalue weighted by atomic mass is 127. The van der Waals surface area contributed by atoms with Crippen LogP contribution in [0.25, 0.3) is 0 Å². The molecule has 0 saturated carbocycles. The fourth-order valence-electron chi connectivity index (χ4n) is 1.77. The quantitative estimate of drug-likeness (QED) is 0.402. The summed E-state index contributed by atoms with van der Waals surface area (Å²) in [6.07, 6.45) is 0. The minimum absolute atomic E-state index is 0. The van der Waals surface area contributed by atoms with Gasteiger partial charge in [-0.3, -0.25) is 0 Å². The van der Waals surface area contributed by atoms with Crippen molar-refractivity contribution in [3.8, 4) is 5.75 Å². The van der Waals surface area contributed by atoms with Crippen molar-refractivity contribution >= 4 is 29.9 Å². The summed E-state index contributed by atoms with van der Waals surface area (Å²) in [5.74, 6) is 2.33. The monoisotopic (exact) mass is 419 g/mol. The highest BCUT2D eigenvalue weighted by Gasteiger charge is 2.08. The van der Waals surface area contributed by atoms with E-state index in [0.717, 1.165) is 23.8 Å². The molecule has 0 aliphatic heterocycles. The van der Waals surface area contributed by atoms with Crippen molar-refractivity contribution in [1.82, 2.24) is 10.6 Å². The molecular formula is C17H30IN3O. The molecule has 0 aromatic heterocycles. The maximum atomic E-state index is 5.52. The first-order valence-electron chi connectivity index (χ1n) is 7.83. The summed E-state index contributed by atoms with van der Waals surface area (Å²) in [6.45, 7) is 12.8. The molecule has 0 radical (unpaired) electrons. The SMILES string of the molecule is CCNC(=NCc1cccc(OCC)c1)NC(C)C(C)C.I. The number of nitrogens with zero attached hydrogens (tertiary/aromatic N) is 1. The van der Waals surface area contributed by atoms with E-state index in [1.807, 2.05) is 25.1 Å². The van der Waals surface area contributed by atoms with E-state index in [9.17, 15) is 0 Å². The fraction of sp³-hybridized carbons (Fsp3) is 0.588. The van der Waals surface area contributed by atoms with E-state index >= 15 is 0 Å². The molecule has 0 saturated heterocycles. The van der Waals surface area contributed by atoms with Crippen LogP contribution in [0, 0.1) is 5.92 Å². The molecule has 4 nitrogen and oxygen atoms in total. The van der Waals surface area contributed by atoms with Gasteiger partial charge in [0.1, 0.15) is 5.75 Å². The van der Waals surface area contributed by atoms with Crippen molar-refractivity contribution in [2.45, 2.75) is 47.2 Å². The summed E-state index contributed by atoms with van der Waals surface area (Å²) in [5, 5.41) is 6.72. The number of ether oxygens (including phenoxy) is 1. The van der Waals surface area contributed by atoms with Gasteiger partial charge in [0.2, 0.25) is 0 Å². The van der Waals surface area contributed by atoms with Crippen LogP contribution in [0.2, 0.25) is 0 Å². The Bertz CT molecular complexity index is 449. The van der Waals surface area contributed by atoms with Crippen molar-refractivity contribution in [3.63, 3.8) is 0 Å². The maximum absolute atomic E-state index is 5.52. The Morgan fingerprint density at radius 3 is 2.55 bits per heavy atom. The van der Waals surface area contributed by atoms with Gasteiger partial charge in [0, 0.05) is 12.6 Å². The number of hydrogen-bond acceptors (Lipinski definition) is 2. The van der Waals surface area contributed by atoms with E-state index in [4.69, 9.17) is 4.74 Å². The third-order valence-electron chi connectivity index (χ3n) is 3.34. The largest absolute Gasteiger partial charge is 0.494 e. The zero-order valence-corrected chi connectivity index (χ0v) is 16.7. The smallest absolute Gasteiger partial charge is 0.191 e. The predicted molar refractivity (Wildman–Crippen MR) is 105 cm³/mol. The highest BCUT2D eigenvalue weighted by molar-refractivity contribution is 14.0. The Labute approximate surface area is 152 Å². The minimum atomic E-state index is 0.